The molecule has 1 N–H and O–H groups in total. The molecule has 0 aliphatic carbocycles. The van der Waals surface area contributed by atoms with Gasteiger partial charge in [0.05, 0.1) is 12.2 Å². The highest BCUT2D eigenvalue weighted by molar-refractivity contribution is 7.09. The molecule has 0 spiro atoms. The lowest BCUT2D eigenvalue weighted by Gasteiger charge is -2.28. The molecule has 0 unspecified atom stereocenters. The van der Waals surface area contributed by atoms with Gasteiger partial charge in [0.25, 0.3) is 11.8 Å². The van der Waals surface area contributed by atoms with Crippen LogP contribution < -0.4 is 15.0 Å². The van der Waals surface area contributed by atoms with Gasteiger partial charge < -0.3 is 15.0 Å². The number of carbonyl (C=O) groups is 2. The van der Waals surface area contributed by atoms with E-state index in [1.807, 2.05) is 25.1 Å². The highest BCUT2D eigenvalue weighted by atomic mass is 32.1. The molecule has 2 amide bonds. The largest absolute Gasteiger partial charge is 0.482 e. The van der Waals surface area contributed by atoms with Crippen LogP contribution in [0.5, 0.6) is 5.75 Å². The van der Waals surface area contributed by atoms with Crippen LogP contribution in [0.1, 0.15) is 33.9 Å². The van der Waals surface area contributed by atoms with Crippen molar-refractivity contribution in [3.8, 4) is 5.75 Å². The van der Waals surface area contributed by atoms with E-state index in [1.54, 1.807) is 10.3 Å². The smallest absolute Gasteiger partial charge is 0.270 e. The van der Waals surface area contributed by atoms with Crippen molar-refractivity contribution in [1.82, 2.24) is 15.2 Å². The lowest BCUT2D eigenvalue weighted by atomic mass is 10.1. The van der Waals surface area contributed by atoms with Gasteiger partial charge in [-0.15, -0.1) is 11.3 Å². The van der Waals surface area contributed by atoms with Crippen LogP contribution in [-0.2, 0) is 11.3 Å². The summed E-state index contributed by atoms with van der Waals surface area (Å²) in [6.45, 7) is 6.08. The number of ether oxygens (including phenoxy) is 1. The Labute approximate surface area is 168 Å². The van der Waals surface area contributed by atoms with Gasteiger partial charge >= 0.3 is 0 Å². The minimum atomic E-state index is -0.161. The Balaban J connectivity index is 1.38. The van der Waals surface area contributed by atoms with E-state index in [9.17, 15) is 9.59 Å². The van der Waals surface area contributed by atoms with Crippen molar-refractivity contribution < 1.29 is 14.3 Å². The Morgan fingerprint density at radius 1 is 1.32 bits per heavy atom. The van der Waals surface area contributed by atoms with Crippen LogP contribution in [0.2, 0.25) is 0 Å². The van der Waals surface area contributed by atoms with Crippen LogP contribution >= 0.6 is 11.3 Å². The van der Waals surface area contributed by atoms with Gasteiger partial charge in [0.1, 0.15) is 16.5 Å². The normalized spacial score (nSPS) is 16.8. The first kappa shape index (κ1) is 18.9. The predicted molar refractivity (Wildman–Crippen MR) is 108 cm³/mol. The summed E-state index contributed by atoms with van der Waals surface area (Å²) in [5.74, 6) is 0.435. The highest BCUT2D eigenvalue weighted by Gasteiger charge is 2.26. The lowest BCUT2D eigenvalue weighted by molar-refractivity contribution is -0.121. The van der Waals surface area contributed by atoms with E-state index in [1.165, 1.54) is 24.2 Å². The number of carbonyl (C=O) groups excluding carboxylic acids is 2. The van der Waals surface area contributed by atoms with Crippen molar-refractivity contribution in [2.24, 2.45) is 0 Å². The molecule has 2 aliphatic heterocycles. The molecule has 1 aromatic heterocycles. The summed E-state index contributed by atoms with van der Waals surface area (Å²) in [6, 6.07) is 5.77. The summed E-state index contributed by atoms with van der Waals surface area (Å²) < 4.78 is 5.54. The molecule has 28 heavy (non-hydrogen) atoms. The number of fused-ring (bicyclic) bond motifs is 1. The van der Waals surface area contributed by atoms with Crippen LogP contribution in [0.25, 0.3) is 0 Å². The molecule has 2 aliphatic rings. The van der Waals surface area contributed by atoms with Crippen LogP contribution in [0, 0.1) is 6.92 Å². The Kier molecular flexibility index (Phi) is 5.59. The summed E-state index contributed by atoms with van der Waals surface area (Å²) in [7, 11) is 0. The van der Waals surface area contributed by atoms with E-state index in [2.05, 4.69) is 15.2 Å². The third-order valence-electron chi connectivity index (χ3n) is 5.05. The van der Waals surface area contributed by atoms with Gasteiger partial charge in [0.2, 0.25) is 0 Å². The minimum absolute atomic E-state index is 0.0195. The zero-order valence-electron chi connectivity index (χ0n) is 15.9. The van der Waals surface area contributed by atoms with Gasteiger partial charge in [-0.2, -0.15) is 0 Å². The topological polar surface area (TPSA) is 74.8 Å². The number of nitrogens with one attached hydrogen (secondary N) is 1. The summed E-state index contributed by atoms with van der Waals surface area (Å²) in [5, 5.41) is 5.42. The number of amides is 2. The molecule has 0 saturated carbocycles. The molecule has 4 rings (SSSR count). The number of rotatable bonds is 6. The zero-order chi connectivity index (χ0) is 19.5. The number of nitrogens with zero attached hydrogens (tertiary/aromatic N) is 3. The third-order valence-corrected chi connectivity index (χ3v) is 5.88. The first-order chi connectivity index (χ1) is 13.6. The standard InChI is InChI=1S/C20H24N4O3S/c1-14-4-5-16-17(10-14)27-12-19(25)24(16)11-18-22-15(13-28-18)20(26)21-6-9-23-7-2-3-8-23/h4-5,10,13H,2-3,6-9,11-12H2,1H3,(H,21,26). The third kappa shape index (κ3) is 4.18. The molecule has 1 fully saturated rings. The average Bonchev–Trinajstić information content (AvgIpc) is 3.36. The Morgan fingerprint density at radius 2 is 2.14 bits per heavy atom. The quantitative estimate of drug-likeness (QED) is 0.805. The summed E-state index contributed by atoms with van der Waals surface area (Å²) in [6.07, 6.45) is 2.48. The van der Waals surface area contributed by atoms with Gasteiger partial charge in [-0.05, 0) is 50.6 Å². The molecule has 7 nitrogen and oxygen atoms in total. The van der Waals surface area contributed by atoms with Gasteiger partial charge in [0.15, 0.2) is 6.61 Å². The lowest BCUT2D eigenvalue weighted by Crippen LogP contribution is -2.38. The maximum atomic E-state index is 12.3. The summed E-state index contributed by atoms with van der Waals surface area (Å²) in [4.78, 5) is 33.2. The first-order valence-electron chi connectivity index (χ1n) is 9.59. The Morgan fingerprint density at radius 3 is 2.96 bits per heavy atom. The van der Waals surface area contributed by atoms with E-state index < -0.39 is 0 Å². The van der Waals surface area contributed by atoms with Gasteiger partial charge in [-0.3, -0.25) is 14.5 Å². The molecular formula is C20H24N4O3S. The SMILES string of the molecule is Cc1ccc2c(c1)OCC(=O)N2Cc1nc(C(=O)NCCN2CCCC2)cs1. The number of anilines is 1. The average molecular weight is 401 g/mol. The molecule has 148 valence electrons. The maximum absolute atomic E-state index is 12.3. The number of benzene rings is 1. The summed E-state index contributed by atoms with van der Waals surface area (Å²) in [5.41, 5.74) is 2.23. The zero-order valence-corrected chi connectivity index (χ0v) is 16.8. The fourth-order valence-corrected chi connectivity index (χ4v) is 4.29. The van der Waals surface area contributed by atoms with Crippen molar-refractivity contribution in [1.29, 1.82) is 0 Å². The Bertz CT molecular complexity index is 876. The second-order valence-corrected chi connectivity index (χ2v) is 8.11. The number of hydrogen-bond donors (Lipinski definition) is 1. The van der Waals surface area contributed by atoms with Crippen LogP contribution in [0.3, 0.4) is 0 Å². The Hall–Kier alpha value is -2.45. The second-order valence-electron chi connectivity index (χ2n) is 7.17. The molecule has 1 saturated heterocycles. The van der Waals surface area contributed by atoms with Crippen molar-refractivity contribution in [2.75, 3.05) is 37.7 Å². The van der Waals surface area contributed by atoms with Gasteiger partial charge in [-0.1, -0.05) is 6.07 Å². The second kappa shape index (κ2) is 8.28. The van der Waals surface area contributed by atoms with E-state index in [-0.39, 0.29) is 18.4 Å². The summed E-state index contributed by atoms with van der Waals surface area (Å²) >= 11 is 1.39. The number of aryl methyl sites for hydroxylation is 1. The van der Waals surface area contributed by atoms with E-state index in [4.69, 9.17) is 4.74 Å². The fourth-order valence-electron chi connectivity index (χ4n) is 3.53. The molecule has 2 aromatic rings. The van der Waals surface area contributed by atoms with E-state index >= 15 is 0 Å². The molecule has 1 aromatic carbocycles. The number of thiazole rings is 1. The van der Waals surface area contributed by atoms with E-state index in [0.29, 0.717) is 24.5 Å². The highest BCUT2D eigenvalue weighted by Crippen LogP contribution is 2.34. The van der Waals surface area contributed by atoms with Crippen molar-refractivity contribution in [2.45, 2.75) is 26.3 Å². The number of hydrogen-bond acceptors (Lipinski definition) is 6. The van der Waals surface area contributed by atoms with Crippen molar-refractivity contribution in [3.63, 3.8) is 0 Å². The molecule has 8 heteroatoms. The maximum Gasteiger partial charge on any atom is 0.270 e. The molecule has 0 radical (unpaired) electrons. The molecule has 3 heterocycles. The van der Waals surface area contributed by atoms with Crippen LogP contribution in [0.15, 0.2) is 23.6 Å². The van der Waals surface area contributed by atoms with Gasteiger partial charge in [0, 0.05) is 18.5 Å². The fraction of sp³-hybridized carbons (Fsp3) is 0.450. The predicted octanol–water partition coefficient (Wildman–Crippen LogP) is 2.20. The van der Waals surface area contributed by atoms with Crippen molar-refractivity contribution in [3.05, 3.63) is 39.8 Å². The van der Waals surface area contributed by atoms with Crippen molar-refractivity contribution >= 4 is 28.8 Å². The van der Waals surface area contributed by atoms with E-state index in [0.717, 1.165) is 35.9 Å². The van der Waals surface area contributed by atoms with Crippen LogP contribution in [-0.4, -0.2) is 54.5 Å². The molecule has 0 atom stereocenters. The monoisotopic (exact) mass is 400 g/mol. The van der Waals surface area contributed by atoms with Gasteiger partial charge in [-0.25, -0.2) is 4.98 Å². The minimum Gasteiger partial charge on any atom is -0.482 e. The van der Waals surface area contributed by atoms with Crippen LogP contribution in [0.4, 0.5) is 5.69 Å². The number of likely N-dealkylation sites (tertiary alicyclic amines) is 1. The molecular weight excluding hydrogens is 376 g/mol. The molecule has 0 bridgehead atoms. The number of aromatic nitrogens is 1. The first-order valence-corrected chi connectivity index (χ1v) is 10.5.